The smallest absolute Gasteiger partial charge is 0.407 e. The molecule has 0 heterocycles. The zero-order valence-corrected chi connectivity index (χ0v) is 18.1. The van der Waals surface area contributed by atoms with Gasteiger partial charge in [-0.1, -0.05) is 55.5 Å². The summed E-state index contributed by atoms with van der Waals surface area (Å²) in [5, 5.41) is 23.5. The Hall–Kier alpha value is -3.39. The molecule has 1 aliphatic rings. The van der Waals surface area contributed by atoms with E-state index < -0.39 is 30.1 Å². The van der Waals surface area contributed by atoms with E-state index in [4.69, 9.17) is 9.84 Å². The standard InChI is InChI=1S/C24H28N2O6/c1-15(11-21(27)26-14-24(2,31)22(28)29)12-25-23(30)32-13-20-18-9-5-3-7-16(18)17-8-4-6-10-19(17)20/h3-10,15,20,31H,11-14H2,1-2H3,(H,25,30)(H,26,27)(H,28,29). The Balaban J connectivity index is 1.45. The highest BCUT2D eigenvalue weighted by Crippen LogP contribution is 2.44. The van der Waals surface area contributed by atoms with Gasteiger partial charge in [0.25, 0.3) is 0 Å². The predicted molar refractivity (Wildman–Crippen MR) is 118 cm³/mol. The molecular weight excluding hydrogens is 412 g/mol. The van der Waals surface area contributed by atoms with Gasteiger partial charge in [0.05, 0.1) is 6.54 Å². The third kappa shape index (κ3) is 5.45. The summed E-state index contributed by atoms with van der Waals surface area (Å²) < 4.78 is 5.46. The number of aliphatic carboxylic acids is 1. The van der Waals surface area contributed by atoms with Crippen LogP contribution in [0.2, 0.25) is 0 Å². The van der Waals surface area contributed by atoms with E-state index >= 15 is 0 Å². The van der Waals surface area contributed by atoms with Crippen LogP contribution in [0.3, 0.4) is 0 Å². The molecule has 0 fully saturated rings. The minimum atomic E-state index is -2.03. The maximum Gasteiger partial charge on any atom is 0.407 e. The largest absolute Gasteiger partial charge is 0.479 e. The molecule has 8 heteroatoms. The summed E-state index contributed by atoms with van der Waals surface area (Å²) in [4.78, 5) is 35.0. The van der Waals surface area contributed by atoms with Crippen molar-refractivity contribution in [3.05, 3.63) is 59.7 Å². The molecule has 3 rings (SSSR count). The summed E-state index contributed by atoms with van der Waals surface area (Å²) in [5.41, 5.74) is 2.53. The third-order valence-corrected chi connectivity index (χ3v) is 5.56. The Labute approximate surface area is 186 Å². The molecule has 170 valence electrons. The number of aliphatic hydroxyl groups is 1. The van der Waals surface area contributed by atoms with Crippen LogP contribution in [0.5, 0.6) is 0 Å². The Bertz CT molecular complexity index is 958. The molecule has 8 nitrogen and oxygen atoms in total. The molecule has 2 unspecified atom stereocenters. The van der Waals surface area contributed by atoms with E-state index in [1.807, 2.05) is 36.4 Å². The van der Waals surface area contributed by atoms with Crippen molar-refractivity contribution in [1.29, 1.82) is 0 Å². The summed E-state index contributed by atoms with van der Waals surface area (Å²) in [6.45, 7) is 2.92. The third-order valence-electron chi connectivity index (χ3n) is 5.56. The molecule has 0 bridgehead atoms. The molecule has 4 N–H and O–H groups in total. The second-order valence-electron chi connectivity index (χ2n) is 8.37. The average molecular weight is 440 g/mol. The number of ether oxygens (including phenoxy) is 1. The fourth-order valence-electron chi connectivity index (χ4n) is 3.71. The maximum atomic E-state index is 12.2. The topological polar surface area (TPSA) is 125 Å². The molecule has 0 aliphatic heterocycles. The Kier molecular flexibility index (Phi) is 7.15. The molecule has 32 heavy (non-hydrogen) atoms. The molecule has 0 saturated carbocycles. The summed E-state index contributed by atoms with van der Waals surface area (Å²) in [6, 6.07) is 16.2. The number of hydrogen-bond donors (Lipinski definition) is 4. The zero-order chi connectivity index (χ0) is 23.3. The summed E-state index contributed by atoms with van der Waals surface area (Å²) in [5.74, 6) is -2.06. The van der Waals surface area contributed by atoms with Gasteiger partial charge >= 0.3 is 12.1 Å². The maximum absolute atomic E-state index is 12.2. The van der Waals surface area contributed by atoms with E-state index in [9.17, 15) is 19.5 Å². The van der Waals surface area contributed by atoms with E-state index in [1.54, 1.807) is 6.92 Å². The van der Waals surface area contributed by atoms with E-state index in [-0.39, 0.29) is 31.4 Å². The van der Waals surface area contributed by atoms with Gasteiger partial charge in [0.2, 0.25) is 5.91 Å². The van der Waals surface area contributed by atoms with Gasteiger partial charge in [-0.3, -0.25) is 4.79 Å². The van der Waals surface area contributed by atoms with Gasteiger partial charge in [0.15, 0.2) is 5.60 Å². The summed E-state index contributed by atoms with van der Waals surface area (Å²) in [6.07, 6.45) is -0.493. The van der Waals surface area contributed by atoms with Crippen molar-refractivity contribution in [2.75, 3.05) is 19.7 Å². The van der Waals surface area contributed by atoms with Crippen LogP contribution in [-0.2, 0) is 14.3 Å². The average Bonchev–Trinajstić information content (AvgIpc) is 3.08. The zero-order valence-electron chi connectivity index (χ0n) is 18.1. The van der Waals surface area contributed by atoms with Gasteiger partial charge in [0, 0.05) is 18.9 Å². The number of alkyl carbamates (subject to hydrolysis) is 1. The van der Waals surface area contributed by atoms with Crippen molar-refractivity contribution in [3.8, 4) is 11.1 Å². The second-order valence-corrected chi connectivity index (χ2v) is 8.37. The summed E-state index contributed by atoms with van der Waals surface area (Å²) in [7, 11) is 0. The SMILES string of the molecule is CC(CNC(=O)OCC1c2ccccc2-c2ccccc21)CC(=O)NCC(C)(O)C(=O)O. The van der Waals surface area contributed by atoms with Crippen molar-refractivity contribution < 1.29 is 29.3 Å². The number of carbonyl (C=O) groups excluding carboxylic acids is 2. The lowest BCUT2D eigenvalue weighted by Crippen LogP contribution is -2.47. The van der Waals surface area contributed by atoms with Crippen molar-refractivity contribution >= 4 is 18.0 Å². The predicted octanol–water partition coefficient (Wildman–Crippen LogP) is 2.50. The van der Waals surface area contributed by atoms with Crippen LogP contribution in [-0.4, -0.2) is 53.5 Å². The van der Waals surface area contributed by atoms with Crippen LogP contribution < -0.4 is 10.6 Å². The molecule has 0 saturated heterocycles. The molecule has 2 atom stereocenters. The van der Waals surface area contributed by atoms with E-state index in [0.29, 0.717) is 0 Å². The molecule has 2 amide bonds. The number of carbonyl (C=O) groups is 3. The Morgan fingerprint density at radius 2 is 1.59 bits per heavy atom. The van der Waals surface area contributed by atoms with Crippen LogP contribution >= 0.6 is 0 Å². The van der Waals surface area contributed by atoms with E-state index in [2.05, 4.69) is 22.8 Å². The van der Waals surface area contributed by atoms with Gasteiger partial charge in [-0.15, -0.1) is 0 Å². The van der Waals surface area contributed by atoms with Gasteiger partial charge in [-0.25, -0.2) is 9.59 Å². The lowest BCUT2D eigenvalue weighted by atomic mass is 9.98. The second kappa shape index (κ2) is 9.82. The number of hydrogen-bond acceptors (Lipinski definition) is 5. The normalized spacial score (nSPS) is 15.1. The lowest BCUT2D eigenvalue weighted by molar-refractivity contribution is -0.156. The Morgan fingerprint density at radius 1 is 1.03 bits per heavy atom. The summed E-state index contributed by atoms with van der Waals surface area (Å²) >= 11 is 0. The first-order valence-electron chi connectivity index (χ1n) is 10.5. The molecule has 1 aliphatic carbocycles. The Morgan fingerprint density at radius 3 is 2.16 bits per heavy atom. The highest BCUT2D eigenvalue weighted by molar-refractivity contribution is 5.80. The monoisotopic (exact) mass is 440 g/mol. The van der Waals surface area contributed by atoms with Crippen molar-refractivity contribution in [2.24, 2.45) is 5.92 Å². The number of nitrogens with one attached hydrogen (secondary N) is 2. The number of carboxylic acids is 1. The minimum absolute atomic E-state index is 0.0293. The van der Waals surface area contributed by atoms with Gasteiger partial charge < -0.3 is 25.6 Å². The number of benzene rings is 2. The first-order valence-corrected chi connectivity index (χ1v) is 10.5. The fourth-order valence-corrected chi connectivity index (χ4v) is 3.71. The molecule has 0 spiro atoms. The van der Waals surface area contributed by atoms with Crippen molar-refractivity contribution in [3.63, 3.8) is 0 Å². The lowest BCUT2D eigenvalue weighted by Gasteiger charge is -2.19. The first kappa shape index (κ1) is 23.3. The quantitative estimate of drug-likeness (QED) is 0.475. The number of carboxylic acid groups (broad SMARTS) is 1. The first-order chi connectivity index (χ1) is 15.2. The van der Waals surface area contributed by atoms with Gasteiger partial charge in [-0.2, -0.15) is 0 Å². The van der Waals surface area contributed by atoms with Crippen LogP contribution in [0.1, 0.15) is 37.3 Å². The van der Waals surface area contributed by atoms with Crippen molar-refractivity contribution in [1.82, 2.24) is 10.6 Å². The highest BCUT2D eigenvalue weighted by Gasteiger charge is 2.31. The van der Waals surface area contributed by atoms with Crippen molar-refractivity contribution in [2.45, 2.75) is 31.8 Å². The van der Waals surface area contributed by atoms with Crippen LogP contribution in [0.25, 0.3) is 11.1 Å². The molecule has 0 radical (unpaired) electrons. The highest BCUT2D eigenvalue weighted by atomic mass is 16.5. The van der Waals surface area contributed by atoms with Crippen LogP contribution in [0.15, 0.2) is 48.5 Å². The molecular formula is C24H28N2O6. The van der Waals surface area contributed by atoms with E-state index in [0.717, 1.165) is 29.2 Å². The van der Waals surface area contributed by atoms with Gasteiger partial charge in [0.1, 0.15) is 6.61 Å². The number of rotatable bonds is 9. The molecule has 0 aromatic heterocycles. The fraction of sp³-hybridized carbons (Fsp3) is 0.375. The van der Waals surface area contributed by atoms with Gasteiger partial charge in [-0.05, 0) is 35.1 Å². The minimum Gasteiger partial charge on any atom is -0.479 e. The molecule has 2 aromatic rings. The van der Waals surface area contributed by atoms with Crippen LogP contribution in [0.4, 0.5) is 4.79 Å². The number of fused-ring (bicyclic) bond motifs is 3. The van der Waals surface area contributed by atoms with Crippen LogP contribution in [0, 0.1) is 5.92 Å². The number of amides is 2. The molecule has 2 aromatic carbocycles. The van der Waals surface area contributed by atoms with E-state index in [1.165, 1.54) is 0 Å².